The molecule has 1 aromatic rings. The van der Waals surface area contributed by atoms with E-state index in [-0.39, 0.29) is 18.1 Å². The average Bonchev–Trinajstić information content (AvgIpc) is 2.75. The number of hydrogen-bond donors (Lipinski definition) is 3. The zero-order valence-electron chi connectivity index (χ0n) is 9.23. The number of nitrogens with one attached hydrogen (secondary N) is 2. The molecule has 0 aliphatic heterocycles. The van der Waals surface area contributed by atoms with Gasteiger partial charge in [0.25, 0.3) is 0 Å². The summed E-state index contributed by atoms with van der Waals surface area (Å²) in [7, 11) is 1.55. The average molecular weight is 259 g/mol. The topological polar surface area (TPSA) is 101 Å². The predicted octanol–water partition coefficient (Wildman–Crippen LogP) is 0.0158. The molecule has 17 heavy (non-hydrogen) atoms. The van der Waals surface area contributed by atoms with E-state index in [0.29, 0.717) is 18.3 Å². The molecule has 0 atom stereocenters. The monoisotopic (exact) mass is 259 g/mol. The molecule has 0 aliphatic carbocycles. The first kappa shape index (κ1) is 13.4. The van der Waals surface area contributed by atoms with Crippen molar-refractivity contribution in [3.63, 3.8) is 0 Å². The van der Waals surface area contributed by atoms with Crippen LogP contribution in [0.3, 0.4) is 0 Å². The van der Waals surface area contributed by atoms with Gasteiger partial charge in [0.05, 0.1) is 13.2 Å². The van der Waals surface area contributed by atoms with Crippen LogP contribution in [0.2, 0.25) is 0 Å². The van der Waals surface area contributed by atoms with Crippen LogP contribution in [-0.2, 0) is 9.53 Å². The second-order valence-electron chi connectivity index (χ2n) is 3.04. The highest BCUT2D eigenvalue weighted by atomic mass is 32.1. The minimum Gasteiger partial charge on any atom is -0.476 e. The van der Waals surface area contributed by atoms with E-state index in [2.05, 4.69) is 15.6 Å². The Morgan fingerprint density at radius 1 is 1.59 bits per heavy atom. The van der Waals surface area contributed by atoms with E-state index >= 15 is 0 Å². The van der Waals surface area contributed by atoms with Crippen LogP contribution in [0.1, 0.15) is 10.5 Å². The molecule has 1 amide bonds. The van der Waals surface area contributed by atoms with Crippen LogP contribution in [0.5, 0.6) is 0 Å². The summed E-state index contributed by atoms with van der Waals surface area (Å²) in [6.07, 6.45) is 0. The van der Waals surface area contributed by atoms with Crippen molar-refractivity contribution < 1.29 is 19.4 Å². The smallest absolute Gasteiger partial charge is 0.355 e. The molecule has 94 valence electrons. The Morgan fingerprint density at radius 3 is 2.94 bits per heavy atom. The normalized spacial score (nSPS) is 9.94. The molecule has 1 rings (SSSR count). The van der Waals surface area contributed by atoms with Gasteiger partial charge in [-0.1, -0.05) is 0 Å². The Labute approximate surface area is 102 Å². The van der Waals surface area contributed by atoms with E-state index in [1.165, 1.54) is 5.38 Å². The van der Waals surface area contributed by atoms with Gasteiger partial charge in [-0.2, -0.15) is 0 Å². The molecule has 3 N–H and O–H groups in total. The number of hydrogen-bond acceptors (Lipinski definition) is 6. The van der Waals surface area contributed by atoms with Gasteiger partial charge in [-0.3, -0.25) is 4.79 Å². The van der Waals surface area contributed by atoms with Crippen LogP contribution >= 0.6 is 11.3 Å². The third-order valence-electron chi connectivity index (χ3n) is 1.75. The van der Waals surface area contributed by atoms with Crippen molar-refractivity contribution in [2.75, 3.05) is 32.1 Å². The molecule has 0 unspecified atom stereocenters. The summed E-state index contributed by atoms with van der Waals surface area (Å²) in [5.41, 5.74) is -0.0303. The summed E-state index contributed by atoms with van der Waals surface area (Å²) in [5.74, 6) is -1.28. The predicted molar refractivity (Wildman–Crippen MR) is 62.4 cm³/mol. The van der Waals surface area contributed by atoms with Crippen LogP contribution < -0.4 is 10.6 Å². The molecule has 0 aliphatic rings. The molecule has 7 nitrogen and oxygen atoms in total. The number of carboxylic acid groups (broad SMARTS) is 1. The minimum absolute atomic E-state index is 0.0303. The van der Waals surface area contributed by atoms with Crippen molar-refractivity contribution in [1.29, 1.82) is 0 Å². The Bertz CT molecular complexity index is 393. The third-order valence-corrected chi connectivity index (χ3v) is 2.55. The molecule has 0 spiro atoms. The molecule has 0 saturated heterocycles. The molecule has 8 heteroatoms. The minimum atomic E-state index is -1.08. The SMILES string of the molecule is COCCNC(=O)CNc1nc(C(=O)O)cs1. The van der Waals surface area contributed by atoms with E-state index in [1.54, 1.807) is 7.11 Å². The van der Waals surface area contributed by atoms with Crippen LogP contribution in [0, 0.1) is 0 Å². The van der Waals surface area contributed by atoms with Crippen LogP contribution in [0.4, 0.5) is 5.13 Å². The van der Waals surface area contributed by atoms with E-state index in [9.17, 15) is 9.59 Å². The van der Waals surface area contributed by atoms with Crippen LogP contribution in [0.15, 0.2) is 5.38 Å². The zero-order valence-corrected chi connectivity index (χ0v) is 10.0. The summed E-state index contributed by atoms with van der Waals surface area (Å²) in [6, 6.07) is 0. The largest absolute Gasteiger partial charge is 0.476 e. The standard InChI is InChI=1S/C9H13N3O4S/c1-16-3-2-10-7(13)4-11-9-12-6(5-17-9)8(14)15/h5H,2-4H2,1H3,(H,10,13)(H,11,12)(H,14,15). The number of ether oxygens (including phenoxy) is 1. The molecule has 0 radical (unpaired) electrons. The lowest BCUT2D eigenvalue weighted by molar-refractivity contribution is -0.119. The molecule has 1 heterocycles. The fraction of sp³-hybridized carbons (Fsp3) is 0.444. The first-order valence-electron chi connectivity index (χ1n) is 4.82. The lowest BCUT2D eigenvalue weighted by Crippen LogP contribution is -2.32. The first-order chi connectivity index (χ1) is 8.13. The maximum absolute atomic E-state index is 11.3. The van der Waals surface area contributed by atoms with Crippen molar-refractivity contribution in [2.24, 2.45) is 0 Å². The summed E-state index contributed by atoms with van der Waals surface area (Å²) in [6.45, 7) is 0.942. The van der Waals surface area contributed by atoms with Crippen molar-refractivity contribution >= 4 is 28.3 Å². The number of carbonyl (C=O) groups is 2. The molecular weight excluding hydrogens is 246 g/mol. The molecule has 0 aromatic carbocycles. The number of rotatable bonds is 7. The summed E-state index contributed by atoms with van der Waals surface area (Å²) >= 11 is 1.14. The number of aromatic carboxylic acids is 1. The van der Waals surface area contributed by atoms with Crippen molar-refractivity contribution in [3.8, 4) is 0 Å². The van der Waals surface area contributed by atoms with Crippen LogP contribution in [-0.4, -0.2) is 48.8 Å². The lowest BCUT2D eigenvalue weighted by atomic mass is 10.5. The van der Waals surface area contributed by atoms with Gasteiger partial charge in [0.1, 0.15) is 0 Å². The Morgan fingerprint density at radius 2 is 2.35 bits per heavy atom. The maximum atomic E-state index is 11.3. The number of carbonyl (C=O) groups excluding carboxylic acids is 1. The third kappa shape index (κ3) is 4.79. The number of amides is 1. The number of anilines is 1. The van der Waals surface area contributed by atoms with E-state index < -0.39 is 5.97 Å². The van der Waals surface area contributed by atoms with Gasteiger partial charge in [0.2, 0.25) is 5.91 Å². The molecule has 0 fully saturated rings. The Balaban J connectivity index is 2.29. The second-order valence-corrected chi connectivity index (χ2v) is 3.90. The van der Waals surface area contributed by atoms with Gasteiger partial charge in [0.15, 0.2) is 10.8 Å². The maximum Gasteiger partial charge on any atom is 0.355 e. The van der Waals surface area contributed by atoms with Gasteiger partial charge >= 0.3 is 5.97 Å². The highest BCUT2D eigenvalue weighted by Crippen LogP contribution is 2.14. The summed E-state index contributed by atoms with van der Waals surface area (Å²) in [5, 5.41) is 15.8. The van der Waals surface area contributed by atoms with Crippen molar-refractivity contribution in [1.82, 2.24) is 10.3 Å². The summed E-state index contributed by atoms with van der Waals surface area (Å²) < 4.78 is 4.77. The number of nitrogens with zero attached hydrogens (tertiary/aromatic N) is 1. The number of carboxylic acids is 1. The van der Waals surface area contributed by atoms with E-state index in [1.807, 2.05) is 0 Å². The molecule has 0 bridgehead atoms. The van der Waals surface area contributed by atoms with Gasteiger partial charge in [0, 0.05) is 19.0 Å². The van der Waals surface area contributed by atoms with E-state index in [4.69, 9.17) is 9.84 Å². The van der Waals surface area contributed by atoms with Crippen molar-refractivity contribution in [2.45, 2.75) is 0 Å². The Hall–Kier alpha value is -1.67. The second kappa shape index (κ2) is 6.81. The molecular formula is C9H13N3O4S. The summed E-state index contributed by atoms with van der Waals surface area (Å²) in [4.78, 5) is 25.6. The van der Waals surface area contributed by atoms with E-state index in [0.717, 1.165) is 11.3 Å². The number of thiazole rings is 1. The van der Waals surface area contributed by atoms with Crippen LogP contribution in [0.25, 0.3) is 0 Å². The van der Waals surface area contributed by atoms with Gasteiger partial charge in [-0.15, -0.1) is 11.3 Å². The van der Waals surface area contributed by atoms with Crippen molar-refractivity contribution in [3.05, 3.63) is 11.1 Å². The fourth-order valence-electron chi connectivity index (χ4n) is 0.964. The highest BCUT2D eigenvalue weighted by molar-refractivity contribution is 7.13. The van der Waals surface area contributed by atoms with Gasteiger partial charge in [-0.25, -0.2) is 9.78 Å². The molecule has 0 saturated carbocycles. The highest BCUT2D eigenvalue weighted by Gasteiger charge is 2.09. The molecule has 1 aromatic heterocycles. The first-order valence-corrected chi connectivity index (χ1v) is 5.69. The fourth-order valence-corrected chi connectivity index (χ4v) is 1.65. The number of aromatic nitrogens is 1. The zero-order chi connectivity index (χ0) is 12.7. The lowest BCUT2D eigenvalue weighted by Gasteiger charge is -2.04. The van der Waals surface area contributed by atoms with Gasteiger partial charge in [-0.05, 0) is 0 Å². The number of methoxy groups -OCH3 is 1. The quantitative estimate of drug-likeness (QED) is 0.597. The Kier molecular flexibility index (Phi) is 5.37. The van der Waals surface area contributed by atoms with Gasteiger partial charge < -0.3 is 20.5 Å².